The van der Waals surface area contributed by atoms with Crippen molar-refractivity contribution in [3.8, 4) is 0 Å². The highest BCUT2D eigenvalue weighted by molar-refractivity contribution is 7.86. The molecule has 0 aromatic heterocycles. The molecule has 0 aliphatic heterocycles. The Hall–Kier alpha value is -1.67. The zero-order valence-electron chi connectivity index (χ0n) is 6.75. The molecule has 0 aliphatic rings. The van der Waals surface area contributed by atoms with Gasteiger partial charge in [-0.3, -0.25) is 4.55 Å². The summed E-state index contributed by atoms with van der Waals surface area (Å²) >= 11 is 0. The van der Waals surface area contributed by atoms with E-state index in [1.54, 1.807) is 5.43 Å². The van der Waals surface area contributed by atoms with Crippen LogP contribution < -0.4 is 5.43 Å². The molecule has 7 nitrogen and oxygen atoms in total. The minimum absolute atomic E-state index is 0.278. The molecule has 1 rings (SSSR count). The van der Waals surface area contributed by atoms with Gasteiger partial charge in [0.25, 0.3) is 10.1 Å². The molecule has 0 spiro atoms. The number of hydrogen-bond donors (Lipinski definition) is 2. The molecular weight excluding hydrogens is 212 g/mol. The summed E-state index contributed by atoms with van der Waals surface area (Å²) < 4.78 is 30.1. The Morgan fingerprint density at radius 1 is 1.36 bits per heavy atom. The Balaban J connectivity index is 3.23. The summed E-state index contributed by atoms with van der Waals surface area (Å²) in [6.45, 7) is 0. The fourth-order valence-corrected chi connectivity index (χ4v) is 1.52. The number of hydrazine groups is 1. The minimum Gasteiger partial charge on any atom is -0.282 e. The highest BCUT2D eigenvalue weighted by Crippen LogP contribution is 2.19. The summed E-state index contributed by atoms with van der Waals surface area (Å²) in [5.41, 5.74) is 1.39. The first-order valence-corrected chi connectivity index (χ1v) is 4.83. The largest absolute Gasteiger partial charge is 0.296 e. The molecule has 1 aromatic rings. The van der Waals surface area contributed by atoms with Gasteiger partial charge in [-0.2, -0.15) is 8.42 Å². The second-order valence-corrected chi connectivity index (χ2v) is 3.73. The lowest BCUT2D eigenvalue weighted by molar-refractivity contribution is -0.445. The van der Waals surface area contributed by atoms with Crippen molar-refractivity contribution in [2.45, 2.75) is 4.90 Å². The van der Waals surface area contributed by atoms with Crippen molar-refractivity contribution in [2.24, 2.45) is 0 Å². The van der Waals surface area contributed by atoms with Crippen molar-refractivity contribution in [1.82, 2.24) is 0 Å². The maximum atomic E-state index is 10.7. The third-order valence-corrected chi connectivity index (χ3v) is 2.29. The number of hydrogen-bond acceptors (Lipinski definition) is 4. The van der Waals surface area contributed by atoms with Gasteiger partial charge in [-0.05, 0) is 12.1 Å². The molecule has 0 fully saturated rings. The number of nitrogens with zero attached hydrogens (tertiary/aromatic N) is 1. The summed E-state index contributed by atoms with van der Waals surface area (Å²) in [4.78, 5) is 9.54. The lowest BCUT2D eigenvalue weighted by atomic mass is 10.3. The topological polar surface area (TPSA) is 110 Å². The van der Waals surface area contributed by atoms with E-state index in [9.17, 15) is 18.5 Å². The third kappa shape index (κ3) is 2.41. The van der Waals surface area contributed by atoms with Gasteiger partial charge in [0.1, 0.15) is 10.6 Å². The Bertz CT molecular complexity index is 455. The molecule has 0 heterocycles. The monoisotopic (exact) mass is 218 g/mol. The Labute approximate surface area is 79.2 Å². The molecule has 0 saturated carbocycles. The lowest BCUT2D eigenvalue weighted by Crippen LogP contribution is -2.11. The fraction of sp³-hybridized carbons (Fsp3) is 0. The molecule has 0 aliphatic carbocycles. The van der Waals surface area contributed by atoms with Crippen LogP contribution in [0.15, 0.2) is 29.2 Å². The van der Waals surface area contributed by atoms with Gasteiger partial charge < -0.3 is 0 Å². The van der Waals surface area contributed by atoms with E-state index < -0.39 is 20.0 Å². The number of nitrogens with one attached hydrogen (secondary N) is 1. The van der Waals surface area contributed by atoms with Crippen LogP contribution in [-0.4, -0.2) is 18.0 Å². The third-order valence-electron chi connectivity index (χ3n) is 1.38. The van der Waals surface area contributed by atoms with Gasteiger partial charge >= 0.3 is 0 Å². The van der Waals surface area contributed by atoms with Crippen LogP contribution in [-0.2, 0) is 10.1 Å². The van der Waals surface area contributed by atoms with E-state index in [-0.39, 0.29) is 5.69 Å². The molecular formula is C6H6N2O5S. The fourth-order valence-electron chi connectivity index (χ4n) is 0.882. The maximum Gasteiger partial charge on any atom is 0.296 e. The number of nitro groups is 1. The van der Waals surface area contributed by atoms with Crippen molar-refractivity contribution >= 4 is 15.8 Å². The van der Waals surface area contributed by atoms with Gasteiger partial charge in [0.15, 0.2) is 5.03 Å². The van der Waals surface area contributed by atoms with E-state index in [0.717, 1.165) is 6.07 Å². The molecule has 0 radical (unpaired) electrons. The summed E-state index contributed by atoms with van der Waals surface area (Å²) in [6, 6.07) is 4.97. The van der Waals surface area contributed by atoms with Crippen LogP contribution in [0.2, 0.25) is 0 Å². The molecule has 2 N–H and O–H groups in total. The average molecular weight is 218 g/mol. The predicted molar refractivity (Wildman–Crippen MR) is 46.9 cm³/mol. The van der Waals surface area contributed by atoms with Crippen molar-refractivity contribution in [3.05, 3.63) is 34.4 Å². The molecule has 14 heavy (non-hydrogen) atoms. The standard InChI is InChI=1S/C6H6N2O5S/c9-8(10)7-5-3-1-2-4-6(5)14(11,12)13/h1-4,7H,(H,11,12,13). The minimum atomic E-state index is -4.45. The van der Waals surface area contributed by atoms with Gasteiger partial charge in [0.05, 0.1) is 0 Å². The highest BCUT2D eigenvalue weighted by Gasteiger charge is 2.16. The van der Waals surface area contributed by atoms with Crippen LogP contribution in [0.25, 0.3) is 0 Å². The van der Waals surface area contributed by atoms with Gasteiger partial charge in [-0.1, -0.05) is 12.1 Å². The average Bonchev–Trinajstić information content (AvgIpc) is 2.01. The summed E-state index contributed by atoms with van der Waals surface area (Å²) in [5, 5.41) is 9.15. The van der Waals surface area contributed by atoms with Crippen LogP contribution in [0.3, 0.4) is 0 Å². The summed E-state index contributed by atoms with van der Waals surface area (Å²) in [7, 11) is -4.45. The molecule has 8 heteroatoms. The highest BCUT2D eigenvalue weighted by atomic mass is 32.2. The van der Waals surface area contributed by atoms with Gasteiger partial charge in [-0.25, -0.2) is 10.1 Å². The van der Waals surface area contributed by atoms with Crippen molar-refractivity contribution in [2.75, 3.05) is 5.43 Å². The first-order chi connectivity index (χ1) is 6.41. The van der Waals surface area contributed by atoms with Crippen LogP contribution in [0.1, 0.15) is 0 Å². The lowest BCUT2D eigenvalue weighted by Gasteiger charge is -2.02. The van der Waals surface area contributed by atoms with E-state index in [4.69, 9.17) is 4.55 Å². The zero-order chi connectivity index (χ0) is 10.8. The normalized spacial score (nSPS) is 10.9. The van der Waals surface area contributed by atoms with Gasteiger partial charge in [-0.15, -0.1) is 5.43 Å². The first kappa shape index (κ1) is 10.4. The van der Waals surface area contributed by atoms with Crippen molar-refractivity contribution < 1.29 is 18.0 Å². The SMILES string of the molecule is O=[N+]([O-])Nc1ccccc1S(=O)(=O)O. The predicted octanol–water partition coefficient (Wildman–Crippen LogP) is 0.537. The Morgan fingerprint density at radius 2 is 1.93 bits per heavy atom. The second-order valence-electron chi connectivity index (χ2n) is 2.34. The molecule has 0 amide bonds. The van der Waals surface area contributed by atoms with E-state index in [1.165, 1.54) is 18.2 Å². The number of anilines is 1. The van der Waals surface area contributed by atoms with Crippen LogP contribution in [0, 0.1) is 10.1 Å². The van der Waals surface area contributed by atoms with Crippen LogP contribution >= 0.6 is 0 Å². The number of rotatable bonds is 3. The molecule has 0 bridgehead atoms. The Kier molecular flexibility index (Phi) is 2.68. The Morgan fingerprint density at radius 3 is 2.43 bits per heavy atom. The van der Waals surface area contributed by atoms with Gasteiger partial charge in [0, 0.05) is 0 Å². The number of para-hydroxylation sites is 1. The van der Waals surface area contributed by atoms with E-state index in [1.807, 2.05) is 0 Å². The smallest absolute Gasteiger partial charge is 0.282 e. The molecule has 0 saturated heterocycles. The summed E-state index contributed by atoms with van der Waals surface area (Å²) in [6.07, 6.45) is 0. The van der Waals surface area contributed by atoms with Crippen molar-refractivity contribution in [3.63, 3.8) is 0 Å². The summed E-state index contributed by atoms with van der Waals surface area (Å²) in [5.74, 6) is 0. The van der Waals surface area contributed by atoms with Gasteiger partial charge in [0.2, 0.25) is 0 Å². The molecule has 0 atom stereocenters. The zero-order valence-corrected chi connectivity index (χ0v) is 7.56. The van der Waals surface area contributed by atoms with Crippen LogP contribution in [0.4, 0.5) is 5.69 Å². The van der Waals surface area contributed by atoms with Crippen molar-refractivity contribution in [1.29, 1.82) is 0 Å². The second kappa shape index (κ2) is 3.60. The van der Waals surface area contributed by atoms with E-state index in [2.05, 4.69) is 0 Å². The van der Waals surface area contributed by atoms with E-state index in [0.29, 0.717) is 0 Å². The van der Waals surface area contributed by atoms with Crippen LogP contribution in [0.5, 0.6) is 0 Å². The first-order valence-electron chi connectivity index (χ1n) is 3.39. The maximum absolute atomic E-state index is 10.7. The molecule has 1 aromatic carbocycles. The quantitative estimate of drug-likeness (QED) is 0.435. The van der Waals surface area contributed by atoms with E-state index >= 15 is 0 Å². The molecule has 0 unspecified atom stereocenters. The number of benzene rings is 1. The molecule has 76 valence electrons.